The third-order valence-electron chi connectivity index (χ3n) is 3.17. The van der Waals surface area contributed by atoms with Crippen molar-refractivity contribution >= 4 is 0 Å². The van der Waals surface area contributed by atoms with Crippen molar-refractivity contribution in [3.05, 3.63) is 24.8 Å². The lowest BCUT2D eigenvalue weighted by Gasteiger charge is -2.28. The lowest BCUT2D eigenvalue weighted by atomic mass is 9.80. The van der Waals surface area contributed by atoms with E-state index < -0.39 is 0 Å². The smallest absolute Gasteiger partial charge is 0.0521 e. The fraction of sp³-hybridized carbons (Fsp3) is 0.692. The summed E-state index contributed by atoms with van der Waals surface area (Å²) in [5.74, 6) is 0. The minimum absolute atomic E-state index is 0. The maximum atomic E-state index is 5.34. The van der Waals surface area contributed by atoms with Crippen LogP contribution in [-0.2, 0) is 4.74 Å². The summed E-state index contributed by atoms with van der Waals surface area (Å²) in [7, 11) is 1.80. The van der Waals surface area contributed by atoms with Gasteiger partial charge in [-0.25, -0.2) is 0 Å². The van der Waals surface area contributed by atoms with Crippen molar-refractivity contribution in [2.45, 2.75) is 38.5 Å². The van der Waals surface area contributed by atoms with Crippen molar-refractivity contribution in [3.63, 3.8) is 0 Å². The molecule has 0 radical (unpaired) electrons. The van der Waals surface area contributed by atoms with Crippen molar-refractivity contribution in [1.82, 2.24) is 0 Å². The summed E-state index contributed by atoms with van der Waals surface area (Å²) in [4.78, 5) is 0. The summed E-state index contributed by atoms with van der Waals surface area (Å²) >= 11 is 0. The van der Waals surface area contributed by atoms with Crippen LogP contribution in [0.4, 0.5) is 4.70 Å². The van der Waals surface area contributed by atoms with Crippen LogP contribution >= 0.6 is 0 Å². The Labute approximate surface area is 92.6 Å². The van der Waals surface area contributed by atoms with Gasteiger partial charge in [-0.2, -0.15) is 0 Å². The Balaban J connectivity index is 0.00000196. The van der Waals surface area contributed by atoms with Crippen LogP contribution in [-0.4, -0.2) is 13.7 Å². The van der Waals surface area contributed by atoms with Gasteiger partial charge in [-0.05, 0) is 31.1 Å². The quantitative estimate of drug-likeness (QED) is 0.610. The standard InChI is InChI=1S/C13H22O.FH/c1-4-7-12(2)10-13(11-14-3)8-5-6-9-13;/h4H,1-2,5-11H2,3H3;1H. The largest absolute Gasteiger partial charge is 0.384 e. The number of hydrogen-bond acceptors (Lipinski definition) is 1. The third-order valence-corrected chi connectivity index (χ3v) is 3.17. The topological polar surface area (TPSA) is 9.23 Å². The molecule has 0 unspecified atom stereocenters. The predicted octanol–water partition coefficient (Wildman–Crippen LogP) is 3.87. The molecule has 1 aliphatic rings. The third kappa shape index (κ3) is 4.17. The summed E-state index contributed by atoms with van der Waals surface area (Å²) in [6, 6.07) is 0. The molecule has 0 aromatic heterocycles. The molecule has 0 atom stereocenters. The Morgan fingerprint density at radius 2 is 2.00 bits per heavy atom. The van der Waals surface area contributed by atoms with Gasteiger partial charge in [-0.15, -0.1) is 6.58 Å². The van der Waals surface area contributed by atoms with Gasteiger partial charge in [0.2, 0.25) is 0 Å². The van der Waals surface area contributed by atoms with Crippen LogP contribution in [0.15, 0.2) is 24.8 Å². The Bertz CT molecular complexity index is 205. The molecule has 0 bridgehead atoms. The fourth-order valence-corrected chi connectivity index (χ4v) is 2.61. The highest BCUT2D eigenvalue weighted by Crippen LogP contribution is 2.43. The van der Waals surface area contributed by atoms with Crippen LogP contribution < -0.4 is 0 Å². The normalized spacial score (nSPS) is 18.2. The highest BCUT2D eigenvalue weighted by molar-refractivity contribution is 5.05. The minimum Gasteiger partial charge on any atom is -0.384 e. The van der Waals surface area contributed by atoms with Gasteiger partial charge in [0.1, 0.15) is 0 Å². The average molecular weight is 214 g/mol. The summed E-state index contributed by atoms with van der Waals surface area (Å²) in [6.45, 7) is 8.75. The molecule has 0 aromatic carbocycles. The minimum atomic E-state index is 0. The molecule has 88 valence electrons. The Morgan fingerprint density at radius 3 is 2.47 bits per heavy atom. The Hall–Kier alpha value is -0.630. The molecule has 0 aromatic rings. The van der Waals surface area contributed by atoms with E-state index >= 15 is 0 Å². The molecule has 0 spiro atoms. The Morgan fingerprint density at radius 1 is 1.40 bits per heavy atom. The number of allylic oxidation sites excluding steroid dienone is 2. The summed E-state index contributed by atoms with van der Waals surface area (Å²) in [6.07, 6.45) is 9.32. The van der Waals surface area contributed by atoms with Gasteiger partial charge in [-0.1, -0.05) is 31.1 Å². The zero-order valence-corrected chi connectivity index (χ0v) is 9.76. The molecule has 0 N–H and O–H groups in total. The molecule has 0 aliphatic heterocycles. The van der Waals surface area contributed by atoms with E-state index in [1.54, 1.807) is 7.11 Å². The van der Waals surface area contributed by atoms with Crippen molar-refractivity contribution in [3.8, 4) is 0 Å². The van der Waals surface area contributed by atoms with Crippen LogP contribution in [0.25, 0.3) is 0 Å². The highest BCUT2D eigenvalue weighted by Gasteiger charge is 2.33. The molecule has 15 heavy (non-hydrogen) atoms. The van der Waals surface area contributed by atoms with Gasteiger partial charge in [0.05, 0.1) is 6.61 Å². The monoisotopic (exact) mass is 214 g/mol. The second kappa shape index (κ2) is 6.78. The first-order chi connectivity index (χ1) is 6.72. The van der Waals surface area contributed by atoms with Crippen LogP contribution in [0, 0.1) is 5.41 Å². The number of halogens is 1. The van der Waals surface area contributed by atoms with Crippen molar-refractivity contribution in [2.75, 3.05) is 13.7 Å². The van der Waals surface area contributed by atoms with E-state index in [2.05, 4.69) is 13.2 Å². The average Bonchev–Trinajstić information content (AvgIpc) is 2.54. The summed E-state index contributed by atoms with van der Waals surface area (Å²) in [5.41, 5.74) is 1.70. The molecular weight excluding hydrogens is 191 g/mol. The SMILES string of the molecule is C=CCC(=C)CC1(COC)CCCC1.F. The van der Waals surface area contributed by atoms with E-state index in [0.29, 0.717) is 5.41 Å². The van der Waals surface area contributed by atoms with E-state index in [9.17, 15) is 0 Å². The number of methoxy groups -OCH3 is 1. The molecular formula is C13H23FO. The number of ether oxygens (including phenoxy) is 1. The molecule has 0 saturated heterocycles. The molecule has 1 rings (SSSR count). The second-order valence-corrected chi connectivity index (χ2v) is 4.56. The zero-order chi connectivity index (χ0) is 10.4. The molecule has 1 aliphatic carbocycles. The summed E-state index contributed by atoms with van der Waals surface area (Å²) in [5, 5.41) is 0. The van der Waals surface area contributed by atoms with Gasteiger partial charge in [0.15, 0.2) is 0 Å². The first-order valence-corrected chi connectivity index (χ1v) is 5.49. The number of hydrogen-bond donors (Lipinski definition) is 0. The van der Waals surface area contributed by atoms with E-state index in [0.717, 1.165) is 19.4 Å². The van der Waals surface area contributed by atoms with E-state index in [1.807, 2.05) is 6.08 Å². The lowest BCUT2D eigenvalue weighted by molar-refractivity contribution is 0.0832. The second-order valence-electron chi connectivity index (χ2n) is 4.56. The maximum absolute atomic E-state index is 5.34. The predicted molar refractivity (Wildman–Crippen MR) is 63.9 cm³/mol. The van der Waals surface area contributed by atoms with E-state index in [-0.39, 0.29) is 4.70 Å². The van der Waals surface area contributed by atoms with Crippen LogP contribution in [0.5, 0.6) is 0 Å². The lowest BCUT2D eigenvalue weighted by Crippen LogP contribution is -2.23. The van der Waals surface area contributed by atoms with Crippen molar-refractivity contribution in [2.24, 2.45) is 5.41 Å². The molecule has 1 saturated carbocycles. The first-order valence-electron chi connectivity index (χ1n) is 5.49. The van der Waals surface area contributed by atoms with Crippen molar-refractivity contribution in [1.29, 1.82) is 0 Å². The van der Waals surface area contributed by atoms with Gasteiger partial charge in [-0.3, -0.25) is 4.70 Å². The van der Waals surface area contributed by atoms with Gasteiger partial charge in [0, 0.05) is 7.11 Å². The molecule has 1 fully saturated rings. The maximum Gasteiger partial charge on any atom is 0.0521 e. The fourth-order valence-electron chi connectivity index (χ4n) is 2.61. The molecule has 1 nitrogen and oxygen atoms in total. The van der Waals surface area contributed by atoms with Gasteiger partial charge >= 0.3 is 0 Å². The molecule has 0 amide bonds. The first kappa shape index (κ1) is 14.4. The summed E-state index contributed by atoms with van der Waals surface area (Å²) < 4.78 is 5.34. The zero-order valence-electron chi connectivity index (χ0n) is 9.76. The van der Waals surface area contributed by atoms with E-state index in [1.165, 1.54) is 31.3 Å². The highest BCUT2D eigenvalue weighted by atomic mass is 19.0. The van der Waals surface area contributed by atoms with Crippen LogP contribution in [0.2, 0.25) is 0 Å². The number of rotatable bonds is 6. The van der Waals surface area contributed by atoms with E-state index in [4.69, 9.17) is 4.74 Å². The van der Waals surface area contributed by atoms with Crippen LogP contribution in [0.3, 0.4) is 0 Å². The van der Waals surface area contributed by atoms with Crippen molar-refractivity contribution < 1.29 is 9.44 Å². The van der Waals surface area contributed by atoms with Gasteiger partial charge < -0.3 is 4.74 Å². The Kier molecular flexibility index (Phi) is 6.50. The molecule has 2 heteroatoms. The molecule has 0 heterocycles. The van der Waals surface area contributed by atoms with Gasteiger partial charge in [0.25, 0.3) is 0 Å². The van der Waals surface area contributed by atoms with Crippen LogP contribution in [0.1, 0.15) is 38.5 Å².